The molecule has 0 radical (unpaired) electrons. The summed E-state index contributed by atoms with van der Waals surface area (Å²) in [5, 5.41) is 8.71. The average Bonchev–Trinajstić information content (AvgIpc) is 2.20. The maximum atomic E-state index is 8.71. The predicted molar refractivity (Wildman–Crippen MR) is 63.8 cm³/mol. The fourth-order valence-electron chi connectivity index (χ4n) is 1.00. The first kappa shape index (κ1) is 12.1. The fraction of sp³-hybridized carbons (Fsp3) is 0.417. The van der Waals surface area contributed by atoms with Gasteiger partial charge in [-0.3, -0.25) is 0 Å². The van der Waals surface area contributed by atoms with Crippen molar-refractivity contribution in [3.63, 3.8) is 0 Å². The quantitative estimate of drug-likeness (QED) is 0.836. The standard InChI is InChI=1S/C12H14BrNO/c1-8(2)9(3)15-12-5-4-10(7-14)6-11(12)13/h4-6,8-9H,1-3H3. The van der Waals surface area contributed by atoms with Crippen molar-refractivity contribution < 1.29 is 4.74 Å². The topological polar surface area (TPSA) is 33.0 Å². The SMILES string of the molecule is CC(C)C(C)Oc1ccc(C#N)cc1Br. The van der Waals surface area contributed by atoms with E-state index in [1.165, 1.54) is 0 Å². The highest BCUT2D eigenvalue weighted by atomic mass is 79.9. The molecule has 0 amide bonds. The summed E-state index contributed by atoms with van der Waals surface area (Å²) in [5.74, 6) is 1.25. The Balaban J connectivity index is 2.84. The molecule has 0 fully saturated rings. The third-order valence-electron chi connectivity index (χ3n) is 2.31. The molecule has 15 heavy (non-hydrogen) atoms. The summed E-state index contributed by atoms with van der Waals surface area (Å²) in [6, 6.07) is 7.43. The molecule has 1 rings (SSSR count). The first-order valence-corrected chi connectivity index (χ1v) is 5.70. The number of ether oxygens (including phenoxy) is 1. The molecule has 0 saturated carbocycles. The molecule has 0 aliphatic rings. The lowest BCUT2D eigenvalue weighted by Crippen LogP contribution is -2.18. The highest BCUT2D eigenvalue weighted by molar-refractivity contribution is 9.10. The first-order valence-electron chi connectivity index (χ1n) is 4.91. The van der Waals surface area contributed by atoms with Crippen molar-refractivity contribution >= 4 is 15.9 Å². The van der Waals surface area contributed by atoms with Crippen LogP contribution in [0.25, 0.3) is 0 Å². The Hall–Kier alpha value is -1.01. The number of benzene rings is 1. The lowest BCUT2D eigenvalue weighted by Gasteiger charge is -2.18. The van der Waals surface area contributed by atoms with Crippen molar-refractivity contribution in [2.75, 3.05) is 0 Å². The molecule has 1 aromatic rings. The van der Waals surface area contributed by atoms with Gasteiger partial charge in [0, 0.05) is 0 Å². The van der Waals surface area contributed by atoms with E-state index in [0.29, 0.717) is 11.5 Å². The van der Waals surface area contributed by atoms with Gasteiger partial charge in [0.15, 0.2) is 0 Å². The molecule has 0 heterocycles. The smallest absolute Gasteiger partial charge is 0.133 e. The molecule has 0 spiro atoms. The van der Waals surface area contributed by atoms with Crippen LogP contribution < -0.4 is 4.74 Å². The van der Waals surface area contributed by atoms with Crippen molar-refractivity contribution in [3.05, 3.63) is 28.2 Å². The molecule has 1 atom stereocenters. The molecule has 1 aromatic carbocycles. The molecular formula is C12H14BrNO. The van der Waals surface area contributed by atoms with Crippen LogP contribution in [0.1, 0.15) is 26.3 Å². The number of nitriles is 1. The van der Waals surface area contributed by atoms with E-state index >= 15 is 0 Å². The summed E-state index contributed by atoms with van der Waals surface area (Å²) in [6.45, 7) is 6.26. The lowest BCUT2D eigenvalue weighted by molar-refractivity contribution is 0.169. The Morgan fingerprint density at radius 3 is 2.47 bits per heavy atom. The van der Waals surface area contributed by atoms with Gasteiger partial charge >= 0.3 is 0 Å². The van der Waals surface area contributed by atoms with E-state index in [1.54, 1.807) is 12.1 Å². The second-order valence-corrected chi connectivity index (χ2v) is 4.68. The van der Waals surface area contributed by atoms with Gasteiger partial charge in [-0.05, 0) is 47.0 Å². The van der Waals surface area contributed by atoms with Gasteiger partial charge in [-0.2, -0.15) is 5.26 Å². The van der Waals surface area contributed by atoms with Gasteiger partial charge in [-0.1, -0.05) is 13.8 Å². The summed E-state index contributed by atoms with van der Waals surface area (Å²) in [4.78, 5) is 0. The Labute approximate surface area is 99.0 Å². The van der Waals surface area contributed by atoms with Gasteiger partial charge in [0.25, 0.3) is 0 Å². The molecule has 0 N–H and O–H groups in total. The van der Waals surface area contributed by atoms with Crippen molar-refractivity contribution in [2.24, 2.45) is 5.92 Å². The van der Waals surface area contributed by atoms with Crippen LogP contribution in [0.2, 0.25) is 0 Å². The number of hydrogen-bond acceptors (Lipinski definition) is 2. The molecular weight excluding hydrogens is 254 g/mol. The van der Waals surface area contributed by atoms with Crippen molar-refractivity contribution in [3.8, 4) is 11.8 Å². The molecule has 2 nitrogen and oxygen atoms in total. The van der Waals surface area contributed by atoms with Crippen molar-refractivity contribution in [1.29, 1.82) is 5.26 Å². The van der Waals surface area contributed by atoms with Crippen LogP contribution in [-0.4, -0.2) is 6.10 Å². The maximum absolute atomic E-state index is 8.71. The zero-order valence-electron chi connectivity index (χ0n) is 9.12. The summed E-state index contributed by atoms with van der Waals surface area (Å²) < 4.78 is 6.58. The fourth-order valence-corrected chi connectivity index (χ4v) is 1.47. The summed E-state index contributed by atoms with van der Waals surface area (Å²) in [5.41, 5.74) is 0.631. The number of hydrogen-bond donors (Lipinski definition) is 0. The van der Waals surface area contributed by atoms with Gasteiger partial charge < -0.3 is 4.74 Å². The van der Waals surface area contributed by atoms with Crippen LogP contribution in [0.5, 0.6) is 5.75 Å². The minimum atomic E-state index is 0.161. The largest absolute Gasteiger partial charge is 0.489 e. The molecule has 80 valence electrons. The van der Waals surface area contributed by atoms with E-state index in [-0.39, 0.29) is 6.10 Å². The van der Waals surface area contributed by atoms with Crippen LogP contribution in [0, 0.1) is 17.2 Å². The maximum Gasteiger partial charge on any atom is 0.133 e. The van der Waals surface area contributed by atoms with Crippen LogP contribution in [0.4, 0.5) is 0 Å². The lowest BCUT2D eigenvalue weighted by atomic mass is 10.1. The van der Waals surface area contributed by atoms with Crippen molar-refractivity contribution in [1.82, 2.24) is 0 Å². The predicted octanol–water partition coefficient (Wildman–Crippen LogP) is 3.74. The second-order valence-electron chi connectivity index (χ2n) is 3.82. The molecule has 0 saturated heterocycles. The van der Waals surface area contributed by atoms with Gasteiger partial charge in [-0.15, -0.1) is 0 Å². The van der Waals surface area contributed by atoms with E-state index in [2.05, 4.69) is 35.8 Å². The van der Waals surface area contributed by atoms with Crippen LogP contribution in [0.3, 0.4) is 0 Å². The zero-order chi connectivity index (χ0) is 11.4. The molecule has 0 aliphatic heterocycles. The third-order valence-corrected chi connectivity index (χ3v) is 2.93. The molecule has 1 unspecified atom stereocenters. The van der Waals surface area contributed by atoms with Crippen LogP contribution in [-0.2, 0) is 0 Å². The van der Waals surface area contributed by atoms with Gasteiger partial charge in [0.05, 0.1) is 22.2 Å². The number of nitrogens with zero attached hydrogens (tertiary/aromatic N) is 1. The summed E-state index contributed by atoms with van der Waals surface area (Å²) in [7, 11) is 0. The number of rotatable bonds is 3. The molecule has 0 aliphatic carbocycles. The van der Waals surface area contributed by atoms with Gasteiger partial charge in [-0.25, -0.2) is 0 Å². The Bertz CT molecular complexity index is 382. The third kappa shape index (κ3) is 3.24. The van der Waals surface area contributed by atoms with E-state index in [4.69, 9.17) is 10.00 Å². The monoisotopic (exact) mass is 267 g/mol. The van der Waals surface area contributed by atoms with Gasteiger partial charge in [0.1, 0.15) is 5.75 Å². The van der Waals surface area contributed by atoms with E-state index in [9.17, 15) is 0 Å². The molecule has 3 heteroatoms. The summed E-state index contributed by atoms with van der Waals surface area (Å²) in [6.07, 6.45) is 0.161. The van der Waals surface area contributed by atoms with E-state index in [1.807, 2.05) is 13.0 Å². The zero-order valence-corrected chi connectivity index (χ0v) is 10.7. The molecule has 0 bridgehead atoms. The normalized spacial score (nSPS) is 12.3. The minimum Gasteiger partial charge on any atom is -0.489 e. The second kappa shape index (κ2) is 5.18. The minimum absolute atomic E-state index is 0.161. The highest BCUT2D eigenvalue weighted by Gasteiger charge is 2.10. The number of halogens is 1. The van der Waals surface area contributed by atoms with Gasteiger partial charge in [0.2, 0.25) is 0 Å². The first-order chi connectivity index (χ1) is 7.04. The Kier molecular flexibility index (Phi) is 4.16. The summed E-state index contributed by atoms with van der Waals surface area (Å²) >= 11 is 3.39. The van der Waals surface area contributed by atoms with E-state index < -0.39 is 0 Å². The van der Waals surface area contributed by atoms with Crippen LogP contribution >= 0.6 is 15.9 Å². The highest BCUT2D eigenvalue weighted by Crippen LogP contribution is 2.27. The Morgan fingerprint density at radius 1 is 1.33 bits per heavy atom. The van der Waals surface area contributed by atoms with Crippen molar-refractivity contribution in [2.45, 2.75) is 26.9 Å². The molecule has 0 aromatic heterocycles. The van der Waals surface area contributed by atoms with E-state index in [0.717, 1.165) is 10.2 Å². The van der Waals surface area contributed by atoms with Crippen LogP contribution in [0.15, 0.2) is 22.7 Å². The Morgan fingerprint density at radius 2 is 2.00 bits per heavy atom. The average molecular weight is 268 g/mol.